The Hall–Kier alpha value is -4.71. The minimum atomic E-state index is -0.665. The molecule has 0 aliphatic carbocycles. The summed E-state index contributed by atoms with van der Waals surface area (Å²) in [7, 11) is 0. The van der Waals surface area contributed by atoms with E-state index >= 15 is 0 Å². The molecule has 2 heterocycles. The van der Waals surface area contributed by atoms with E-state index < -0.39 is 6.04 Å². The summed E-state index contributed by atoms with van der Waals surface area (Å²) >= 11 is 0. The monoisotopic (exact) mass is 519 g/mol. The molecule has 1 amide bonds. The number of aryl methyl sites for hydroxylation is 2. The van der Waals surface area contributed by atoms with Crippen LogP contribution in [0.4, 0.5) is 4.39 Å². The molecule has 1 unspecified atom stereocenters. The first-order chi connectivity index (χ1) is 18.9. The maximum absolute atomic E-state index is 13.9. The molecule has 0 saturated heterocycles. The molecular formula is C33H26FNO4. The van der Waals surface area contributed by atoms with E-state index in [9.17, 15) is 14.0 Å². The first-order valence-electron chi connectivity index (χ1n) is 12.8. The summed E-state index contributed by atoms with van der Waals surface area (Å²) in [6.07, 6.45) is 0. The molecule has 6 rings (SSSR count). The molecule has 1 aliphatic rings. The molecule has 5 aromatic rings. The second-order valence-corrected chi connectivity index (χ2v) is 9.93. The molecule has 0 fully saturated rings. The average Bonchev–Trinajstić information content (AvgIpc) is 3.20. The Morgan fingerprint density at radius 1 is 0.872 bits per heavy atom. The summed E-state index contributed by atoms with van der Waals surface area (Å²) in [6.45, 7) is 4.41. The molecule has 0 bridgehead atoms. The first-order valence-corrected chi connectivity index (χ1v) is 12.8. The minimum Gasteiger partial charge on any atom is -0.489 e. The van der Waals surface area contributed by atoms with Crippen LogP contribution in [0, 0.1) is 19.7 Å². The second-order valence-electron chi connectivity index (χ2n) is 9.93. The highest BCUT2D eigenvalue weighted by atomic mass is 19.1. The van der Waals surface area contributed by atoms with Gasteiger partial charge in [0.2, 0.25) is 5.76 Å². The topological polar surface area (TPSA) is 59.8 Å². The Morgan fingerprint density at radius 2 is 1.59 bits per heavy atom. The smallest absolute Gasteiger partial charge is 0.291 e. The van der Waals surface area contributed by atoms with Gasteiger partial charge < -0.3 is 14.1 Å². The molecule has 5 nitrogen and oxygen atoms in total. The predicted molar refractivity (Wildman–Crippen MR) is 147 cm³/mol. The lowest BCUT2D eigenvalue weighted by Crippen LogP contribution is -2.29. The zero-order valence-corrected chi connectivity index (χ0v) is 21.6. The normalized spacial score (nSPS) is 14.6. The zero-order chi connectivity index (χ0) is 27.1. The van der Waals surface area contributed by atoms with Crippen molar-refractivity contribution >= 4 is 16.9 Å². The number of nitrogens with zero attached hydrogens (tertiary/aromatic N) is 1. The van der Waals surface area contributed by atoms with E-state index in [1.54, 1.807) is 23.1 Å². The molecule has 0 spiro atoms. The quantitative estimate of drug-likeness (QED) is 0.246. The Balaban J connectivity index is 1.42. The lowest BCUT2D eigenvalue weighted by atomic mass is 9.96. The van der Waals surface area contributed by atoms with Crippen LogP contribution in [-0.2, 0) is 13.2 Å². The van der Waals surface area contributed by atoms with Gasteiger partial charge in [0.1, 0.15) is 23.8 Å². The van der Waals surface area contributed by atoms with E-state index in [0.717, 1.165) is 27.8 Å². The number of carbonyl (C=O) groups excluding carboxylic acids is 1. The third-order valence-electron chi connectivity index (χ3n) is 7.12. The summed E-state index contributed by atoms with van der Waals surface area (Å²) in [5.74, 6) is -0.00336. The second kappa shape index (κ2) is 9.87. The fraction of sp³-hybridized carbons (Fsp3) is 0.152. The molecular weight excluding hydrogens is 493 g/mol. The standard InChI is InChI=1S/C33H26FNO4/c1-20-16-21(2)28-27(17-20)39-32-29(31(28)36)30(35(33(32)37)18-22-8-12-25(34)13-9-22)24-10-14-26(15-11-24)38-19-23-6-4-3-5-7-23/h3-17,30H,18-19H2,1-2H3. The largest absolute Gasteiger partial charge is 0.489 e. The molecule has 1 atom stereocenters. The Labute approximate surface area is 225 Å². The van der Waals surface area contributed by atoms with Gasteiger partial charge >= 0.3 is 0 Å². The van der Waals surface area contributed by atoms with Gasteiger partial charge in [-0.25, -0.2) is 4.39 Å². The molecule has 1 aliphatic heterocycles. The number of halogens is 1. The Kier molecular flexibility index (Phi) is 6.23. The van der Waals surface area contributed by atoms with Crippen LogP contribution >= 0.6 is 0 Å². The van der Waals surface area contributed by atoms with E-state index in [2.05, 4.69) is 0 Å². The van der Waals surface area contributed by atoms with Crippen LogP contribution in [0.2, 0.25) is 0 Å². The molecule has 1 aromatic heterocycles. The number of amides is 1. The van der Waals surface area contributed by atoms with E-state index in [1.165, 1.54) is 12.1 Å². The van der Waals surface area contributed by atoms with Crippen LogP contribution in [0.5, 0.6) is 5.75 Å². The number of carbonyl (C=O) groups is 1. The number of hydrogen-bond donors (Lipinski definition) is 0. The van der Waals surface area contributed by atoms with Crippen molar-refractivity contribution in [1.29, 1.82) is 0 Å². The van der Waals surface area contributed by atoms with Crippen molar-refractivity contribution < 1.29 is 18.3 Å². The maximum atomic E-state index is 13.9. The molecule has 0 N–H and O–H groups in total. The summed E-state index contributed by atoms with van der Waals surface area (Å²) in [4.78, 5) is 29.3. The lowest BCUT2D eigenvalue weighted by molar-refractivity contribution is 0.0714. The molecule has 0 saturated carbocycles. The van der Waals surface area contributed by atoms with Crippen LogP contribution in [0.1, 0.15) is 50.0 Å². The molecule has 39 heavy (non-hydrogen) atoms. The third kappa shape index (κ3) is 4.59. The number of ether oxygens (including phenoxy) is 1. The number of hydrogen-bond acceptors (Lipinski definition) is 4. The average molecular weight is 520 g/mol. The Morgan fingerprint density at radius 3 is 2.31 bits per heavy atom. The van der Waals surface area contributed by atoms with Gasteiger partial charge in [-0.1, -0.05) is 60.7 Å². The van der Waals surface area contributed by atoms with Gasteiger partial charge in [0, 0.05) is 6.54 Å². The fourth-order valence-corrected chi connectivity index (χ4v) is 5.30. The lowest BCUT2D eigenvalue weighted by Gasteiger charge is -2.25. The van der Waals surface area contributed by atoms with Gasteiger partial charge in [0.25, 0.3) is 5.91 Å². The first kappa shape index (κ1) is 24.6. The zero-order valence-electron chi connectivity index (χ0n) is 21.6. The van der Waals surface area contributed by atoms with Crippen LogP contribution in [0.25, 0.3) is 11.0 Å². The molecule has 0 radical (unpaired) electrons. The van der Waals surface area contributed by atoms with Crippen LogP contribution in [0.15, 0.2) is 100 Å². The van der Waals surface area contributed by atoms with E-state index in [4.69, 9.17) is 9.15 Å². The van der Waals surface area contributed by atoms with Crippen molar-refractivity contribution in [3.05, 3.63) is 146 Å². The van der Waals surface area contributed by atoms with Crippen molar-refractivity contribution in [2.75, 3.05) is 0 Å². The number of rotatable bonds is 6. The van der Waals surface area contributed by atoms with Gasteiger partial charge in [-0.3, -0.25) is 9.59 Å². The van der Waals surface area contributed by atoms with Crippen molar-refractivity contribution in [2.45, 2.75) is 33.0 Å². The van der Waals surface area contributed by atoms with Crippen molar-refractivity contribution in [3.8, 4) is 5.75 Å². The van der Waals surface area contributed by atoms with Gasteiger partial charge in [-0.05, 0) is 72.0 Å². The molecule has 194 valence electrons. The van der Waals surface area contributed by atoms with E-state index in [0.29, 0.717) is 28.9 Å². The predicted octanol–water partition coefficient (Wildman–Crippen LogP) is 6.87. The van der Waals surface area contributed by atoms with Gasteiger partial charge in [0.05, 0.1) is 17.0 Å². The number of fused-ring (bicyclic) bond motifs is 2. The van der Waals surface area contributed by atoms with Gasteiger partial charge in [-0.15, -0.1) is 0 Å². The number of benzene rings is 4. The summed E-state index contributed by atoms with van der Waals surface area (Å²) < 4.78 is 25.7. The SMILES string of the molecule is Cc1cc(C)c2c(=O)c3c(oc2c1)C(=O)N(Cc1ccc(F)cc1)C3c1ccc(OCc2ccccc2)cc1. The minimum absolute atomic E-state index is 0.0500. The summed E-state index contributed by atoms with van der Waals surface area (Å²) in [5, 5.41) is 0.476. The third-order valence-corrected chi connectivity index (χ3v) is 7.12. The highest BCUT2D eigenvalue weighted by molar-refractivity contribution is 5.99. The maximum Gasteiger partial charge on any atom is 0.291 e. The summed E-state index contributed by atoms with van der Waals surface area (Å²) in [5.41, 5.74) is 4.80. The van der Waals surface area contributed by atoms with E-state index in [-0.39, 0.29) is 29.5 Å². The van der Waals surface area contributed by atoms with E-state index in [1.807, 2.05) is 74.5 Å². The Bertz CT molecular complexity index is 1740. The van der Waals surface area contributed by atoms with Crippen molar-refractivity contribution in [2.24, 2.45) is 0 Å². The fourth-order valence-electron chi connectivity index (χ4n) is 5.30. The highest BCUT2D eigenvalue weighted by Crippen LogP contribution is 2.40. The highest BCUT2D eigenvalue weighted by Gasteiger charge is 2.43. The van der Waals surface area contributed by atoms with Crippen LogP contribution in [0.3, 0.4) is 0 Å². The van der Waals surface area contributed by atoms with Gasteiger partial charge in [0.15, 0.2) is 5.43 Å². The van der Waals surface area contributed by atoms with Crippen LogP contribution in [-0.4, -0.2) is 10.8 Å². The molecule has 4 aromatic carbocycles. The molecule has 6 heteroatoms. The van der Waals surface area contributed by atoms with Crippen molar-refractivity contribution in [3.63, 3.8) is 0 Å². The summed E-state index contributed by atoms with van der Waals surface area (Å²) in [6, 6.07) is 26.4. The van der Waals surface area contributed by atoms with Crippen molar-refractivity contribution in [1.82, 2.24) is 4.90 Å². The van der Waals surface area contributed by atoms with Gasteiger partial charge in [-0.2, -0.15) is 0 Å². The van der Waals surface area contributed by atoms with Crippen LogP contribution < -0.4 is 10.2 Å².